The van der Waals surface area contributed by atoms with Crippen LogP contribution in [-0.4, -0.2) is 54.7 Å². The molecule has 1 aromatic heterocycles. The molecule has 0 aliphatic carbocycles. The van der Waals surface area contributed by atoms with Gasteiger partial charge in [-0.25, -0.2) is 0 Å². The van der Waals surface area contributed by atoms with Crippen molar-refractivity contribution in [1.29, 1.82) is 0 Å². The van der Waals surface area contributed by atoms with Crippen LogP contribution in [0, 0.1) is 0 Å². The van der Waals surface area contributed by atoms with Crippen molar-refractivity contribution in [3.05, 3.63) is 22.4 Å². The summed E-state index contributed by atoms with van der Waals surface area (Å²) in [5, 5.41) is 2.07. The average molecular weight is 280 g/mol. The molecule has 0 radical (unpaired) electrons. The van der Waals surface area contributed by atoms with E-state index >= 15 is 0 Å². The highest BCUT2D eigenvalue weighted by molar-refractivity contribution is 7.09. The smallest absolute Gasteiger partial charge is 0.236 e. The molecule has 5 heteroatoms. The predicted octanol–water partition coefficient (Wildman–Crippen LogP) is 1.41. The molecule has 0 saturated carbocycles. The Morgan fingerprint density at radius 1 is 1.42 bits per heavy atom. The van der Waals surface area contributed by atoms with Gasteiger partial charge in [-0.2, -0.15) is 0 Å². The van der Waals surface area contributed by atoms with E-state index in [0.717, 1.165) is 13.0 Å². The standard InChI is InChI=1S/C14H20N2O2S/c1-15(7-6-13-3-2-10-19-13)11-14(18)16-8-4-12(17)5-9-16/h2-3,10H,4-9,11H2,1H3. The summed E-state index contributed by atoms with van der Waals surface area (Å²) in [5.74, 6) is 0.413. The minimum Gasteiger partial charge on any atom is -0.341 e. The van der Waals surface area contributed by atoms with E-state index in [0.29, 0.717) is 32.5 Å². The molecule has 1 aromatic rings. The van der Waals surface area contributed by atoms with Gasteiger partial charge >= 0.3 is 0 Å². The molecule has 104 valence electrons. The molecule has 19 heavy (non-hydrogen) atoms. The number of rotatable bonds is 5. The number of ketones is 1. The van der Waals surface area contributed by atoms with Gasteiger partial charge in [-0.15, -0.1) is 11.3 Å². The lowest BCUT2D eigenvalue weighted by atomic mass is 10.1. The highest BCUT2D eigenvalue weighted by Crippen LogP contribution is 2.10. The van der Waals surface area contributed by atoms with Gasteiger partial charge in [0.2, 0.25) is 5.91 Å². The van der Waals surface area contributed by atoms with E-state index in [1.165, 1.54) is 4.88 Å². The van der Waals surface area contributed by atoms with Gasteiger partial charge in [-0.1, -0.05) is 6.07 Å². The molecule has 1 aliphatic rings. The van der Waals surface area contributed by atoms with Crippen LogP contribution in [0.15, 0.2) is 17.5 Å². The maximum atomic E-state index is 12.1. The first kappa shape index (κ1) is 14.2. The Morgan fingerprint density at radius 3 is 2.79 bits per heavy atom. The molecule has 0 atom stereocenters. The number of nitrogens with zero attached hydrogens (tertiary/aromatic N) is 2. The van der Waals surface area contributed by atoms with Gasteiger partial charge in [0.05, 0.1) is 6.54 Å². The maximum Gasteiger partial charge on any atom is 0.236 e. The SMILES string of the molecule is CN(CCc1cccs1)CC(=O)N1CCC(=O)CC1. The van der Waals surface area contributed by atoms with Crippen LogP contribution in [0.3, 0.4) is 0 Å². The Hall–Kier alpha value is -1.20. The van der Waals surface area contributed by atoms with Crippen molar-refractivity contribution in [2.75, 3.05) is 33.2 Å². The molecule has 0 N–H and O–H groups in total. The topological polar surface area (TPSA) is 40.6 Å². The quantitative estimate of drug-likeness (QED) is 0.819. The van der Waals surface area contributed by atoms with Gasteiger partial charge in [-0.05, 0) is 24.9 Å². The van der Waals surface area contributed by atoms with Crippen molar-refractivity contribution in [1.82, 2.24) is 9.80 Å². The molecule has 2 rings (SSSR count). The number of carbonyl (C=O) groups is 2. The van der Waals surface area contributed by atoms with Gasteiger partial charge in [0.15, 0.2) is 0 Å². The van der Waals surface area contributed by atoms with Crippen molar-refractivity contribution in [3.63, 3.8) is 0 Å². The number of amides is 1. The van der Waals surface area contributed by atoms with E-state index in [1.807, 2.05) is 11.9 Å². The third-order valence-electron chi connectivity index (χ3n) is 3.40. The summed E-state index contributed by atoms with van der Waals surface area (Å²) in [6.07, 6.45) is 2.02. The Morgan fingerprint density at radius 2 is 2.16 bits per heavy atom. The van der Waals surface area contributed by atoms with Crippen molar-refractivity contribution in [2.45, 2.75) is 19.3 Å². The number of piperidine rings is 1. The zero-order chi connectivity index (χ0) is 13.7. The van der Waals surface area contributed by atoms with Gasteiger partial charge in [0.1, 0.15) is 5.78 Å². The van der Waals surface area contributed by atoms with E-state index in [9.17, 15) is 9.59 Å². The van der Waals surface area contributed by atoms with E-state index in [2.05, 4.69) is 22.4 Å². The van der Waals surface area contributed by atoms with Crippen LogP contribution in [0.25, 0.3) is 0 Å². The number of thiophene rings is 1. The van der Waals surface area contributed by atoms with Crippen molar-refractivity contribution >= 4 is 23.0 Å². The monoisotopic (exact) mass is 280 g/mol. The highest BCUT2D eigenvalue weighted by Gasteiger charge is 2.21. The maximum absolute atomic E-state index is 12.1. The van der Waals surface area contributed by atoms with Gasteiger partial charge in [0.25, 0.3) is 0 Å². The molecule has 2 heterocycles. The number of likely N-dealkylation sites (N-methyl/N-ethyl adjacent to an activating group) is 1. The van der Waals surface area contributed by atoms with Crippen LogP contribution in [0.5, 0.6) is 0 Å². The highest BCUT2D eigenvalue weighted by atomic mass is 32.1. The Kier molecular flexibility index (Phi) is 5.10. The summed E-state index contributed by atoms with van der Waals surface area (Å²) < 4.78 is 0. The van der Waals surface area contributed by atoms with Crippen LogP contribution >= 0.6 is 11.3 Å². The van der Waals surface area contributed by atoms with Gasteiger partial charge in [-0.3, -0.25) is 14.5 Å². The fraction of sp³-hybridized carbons (Fsp3) is 0.571. The van der Waals surface area contributed by atoms with Crippen LogP contribution < -0.4 is 0 Å². The first-order chi connectivity index (χ1) is 9.15. The van der Waals surface area contributed by atoms with Crippen LogP contribution in [0.4, 0.5) is 0 Å². The van der Waals surface area contributed by atoms with E-state index in [-0.39, 0.29) is 11.7 Å². The van der Waals surface area contributed by atoms with E-state index < -0.39 is 0 Å². The number of likely N-dealkylation sites (tertiary alicyclic amines) is 1. The first-order valence-corrected chi connectivity index (χ1v) is 7.53. The minimum absolute atomic E-state index is 0.140. The lowest BCUT2D eigenvalue weighted by molar-refractivity contribution is -0.135. The molecule has 1 saturated heterocycles. The van der Waals surface area contributed by atoms with E-state index in [1.54, 1.807) is 11.3 Å². The van der Waals surface area contributed by atoms with Crippen molar-refractivity contribution < 1.29 is 9.59 Å². The predicted molar refractivity (Wildman–Crippen MR) is 76.3 cm³/mol. The first-order valence-electron chi connectivity index (χ1n) is 6.65. The molecule has 1 aliphatic heterocycles. The lowest BCUT2D eigenvalue weighted by Crippen LogP contribution is -2.43. The van der Waals surface area contributed by atoms with Crippen molar-refractivity contribution in [2.24, 2.45) is 0 Å². The minimum atomic E-state index is 0.140. The molecule has 1 amide bonds. The third kappa shape index (κ3) is 4.44. The molecule has 1 fully saturated rings. The fourth-order valence-electron chi connectivity index (χ4n) is 2.17. The Labute approximate surface area is 118 Å². The van der Waals surface area contributed by atoms with Gasteiger partial charge in [0, 0.05) is 37.4 Å². The number of hydrogen-bond donors (Lipinski definition) is 0. The average Bonchev–Trinajstić information content (AvgIpc) is 2.90. The normalized spacial score (nSPS) is 16.1. The molecule has 0 aromatic carbocycles. The molecule has 0 bridgehead atoms. The van der Waals surface area contributed by atoms with Crippen LogP contribution in [-0.2, 0) is 16.0 Å². The second-order valence-electron chi connectivity index (χ2n) is 4.99. The fourth-order valence-corrected chi connectivity index (χ4v) is 2.87. The second kappa shape index (κ2) is 6.82. The number of Topliss-reactive ketones (excluding diaryl/α,β-unsaturated/α-hetero) is 1. The van der Waals surface area contributed by atoms with Crippen LogP contribution in [0.2, 0.25) is 0 Å². The second-order valence-corrected chi connectivity index (χ2v) is 6.02. The van der Waals surface area contributed by atoms with E-state index in [4.69, 9.17) is 0 Å². The largest absolute Gasteiger partial charge is 0.341 e. The lowest BCUT2D eigenvalue weighted by Gasteiger charge is -2.28. The molecule has 4 nitrogen and oxygen atoms in total. The number of hydrogen-bond acceptors (Lipinski definition) is 4. The summed E-state index contributed by atoms with van der Waals surface area (Å²) in [5.41, 5.74) is 0. The summed E-state index contributed by atoms with van der Waals surface area (Å²) in [7, 11) is 1.97. The summed E-state index contributed by atoms with van der Waals surface area (Å²) in [6.45, 7) is 2.52. The van der Waals surface area contributed by atoms with Crippen LogP contribution in [0.1, 0.15) is 17.7 Å². The zero-order valence-corrected chi connectivity index (χ0v) is 12.1. The third-order valence-corrected chi connectivity index (χ3v) is 4.34. The summed E-state index contributed by atoms with van der Waals surface area (Å²) in [6, 6.07) is 4.17. The Balaban J connectivity index is 1.70. The summed E-state index contributed by atoms with van der Waals surface area (Å²) in [4.78, 5) is 28.4. The molecule has 0 spiro atoms. The number of carbonyl (C=O) groups excluding carboxylic acids is 2. The summed E-state index contributed by atoms with van der Waals surface area (Å²) >= 11 is 1.75. The molecule has 0 unspecified atom stereocenters. The Bertz CT molecular complexity index is 421. The van der Waals surface area contributed by atoms with Gasteiger partial charge < -0.3 is 4.90 Å². The zero-order valence-electron chi connectivity index (χ0n) is 11.3. The molecular weight excluding hydrogens is 260 g/mol. The van der Waals surface area contributed by atoms with Crippen molar-refractivity contribution in [3.8, 4) is 0 Å². The molecular formula is C14H20N2O2S.